The van der Waals surface area contributed by atoms with Gasteiger partial charge < -0.3 is 15.0 Å². The van der Waals surface area contributed by atoms with Crippen LogP contribution in [0.1, 0.15) is 72.0 Å². The van der Waals surface area contributed by atoms with E-state index in [1.807, 2.05) is 31.7 Å². The number of fused-ring (bicyclic) bond motifs is 2. The number of piperidine rings is 1. The molecule has 0 saturated carbocycles. The second kappa shape index (κ2) is 6.93. The Bertz CT molecular complexity index is 691. The van der Waals surface area contributed by atoms with Crippen LogP contribution in [0.3, 0.4) is 0 Å². The van der Waals surface area contributed by atoms with Crippen LogP contribution >= 0.6 is 0 Å². The third-order valence-electron chi connectivity index (χ3n) is 5.57. The number of nitrogens with zero attached hydrogens (tertiary/aromatic N) is 1. The van der Waals surface area contributed by atoms with Gasteiger partial charge in [0, 0.05) is 21.4 Å². The van der Waals surface area contributed by atoms with Crippen LogP contribution in [0.2, 0.25) is 0 Å². The molecule has 26 heavy (non-hydrogen) atoms. The fraction of sp³-hybridized carbons (Fsp3) is 0.619. The van der Waals surface area contributed by atoms with E-state index < -0.39 is 5.60 Å². The summed E-state index contributed by atoms with van der Waals surface area (Å²) < 4.78 is 5.52. The molecule has 1 aromatic carbocycles. The Labute approximate surface area is 157 Å². The van der Waals surface area contributed by atoms with Gasteiger partial charge in [0.2, 0.25) is 5.91 Å². The molecule has 1 saturated heterocycles. The lowest BCUT2D eigenvalue weighted by atomic mass is 9.63. The Morgan fingerprint density at radius 1 is 1.19 bits per heavy atom. The van der Waals surface area contributed by atoms with Crippen molar-refractivity contribution in [2.75, 3.05) is 13.1 Å². The van der Waals surface area contributed by atoms with E-state index in [0.29, 0.717) is 13.1 Å². The predicted octanol–water partition coefficient (Wildman–Crippen LogP) is 4.17. The third-order valence-corrected chi connectivity index (χ3v) is 5.57. The first-order valence-corrected chi connectivity index (χ1v) is 9.55. The SMILES string of the molecule is CC(=O)NC1CCC2(CCN(C(=O)OC(C)(C)C)CC2)c2ccccc21.[HH]. The molecule has 1 spiro atoms. The largest absolute Gasteiger partial charge is 0.444 e. The highest BCUT2D eigenvalue weighted by Gasteiger charge is 2.43. The Kier molecular flexibility index (Phi) is 5.00. The van der Waals surface area contributed by atoms with E-state index in [1.54, 1.807) is 6.92 Å². The number of nitrogens with one attached hydrogen (secondary N) is 1. The Morgan fingerprint density at radius 2 is 1.85 bits per heavy atom. The molecular weight excluding hydrogens is 328 g/mol. The van der Waals surface area contributed by atoms with E-state index in [2.05, 4.69) is 23.5 Å². The summed E-state index contributed by atoms with van der Waals surface area (Å²) in [5.41, 5.74) is 2.22. The van der Waals surface area contributed by atoms with Gasteiger partial charge in [0.1, 0.15) is 5.60 Å². The zero-order valence-corrected chi connectivity index (χ0v) is 16.3. The van der Waals surface area contributed by atoms with Gasteiger partial charge in [-0.2, -0.15) is 0 Å². The smallest absolute Gasteiger partial charge is 0.410 e. The average Bonchev–Trinajstić information content (AvgIpc) is 2.57. The molecule has 2 amide bonds. The van der Waals surface area contributed by atoms with E-state index >= 15 is 0 Å². The van der Waals surface area contributed by atoms with Crippen LogP contribution < -0.4 is 5.32 Å². The van der Waals surface area contributed by atoms with Gasteiger partial charge in [-0.25, -0.2) is 4.79 Å². The molecule has 1 aliphatic carbocycles. The molecule has 5 heteroatoms. The van der Waals surface area contributed by atoms with Gasteiger partial charge in [0.25, 0.3) is 0 Å². The highest BCUT2D eigenvalue weighted by Crippen LogP contribution is 2.48. The minimum absolute atomic E-state index is 0. The molecule has 0 aromatic heterocycles. The number of carbonyl (C=O) groups excluding carboxylic acids is 2. The monoisotopic (exact) mass is 360 g/mol. The lowest BCUT2D eigenvalue weighted by Crippen LogP contribution is -2.49. The molecular formula is C21H32N2O3. The number of benzene rings is 1. The van der Waals surface area contributed by atoms with Crippen molar-refractivity contribution in [3.63, 3.8) is 0 Å². The number of ether oxygens (including phenoxy) is 1. The summed E-state index contributed by atoms with van der Waals surface area (Å²) in [6.45, 7) is 8.70. The molecule has 1 fully saturated rings. The second-order valence-electron chi connectivity index (χ2n) is 8.63. The van der Waals surface area contributed by atoms with E-state index in [0.717, 1.165) is 25.7 Å². The molecule has 1 aliphatic heterocycles. The molecule has 1 heterocycles. The number of hydrogen-bond donors (Lipinski definition) is 1. The summed E-state index contributed by atoms with van der Waals surface area (Å²) in [6, 6.07) is 8.56. The molecule has 3 rings (SSSR count). The third kappa shape index (κ3) is 3.87. The lowest BCUT2D eigenvalue weighted by molar-refractivity contribution is -0.119. The van der Waals surface area contributed by atoms with Crippen molar-refractivity contribution >= 4 is 12.0 Å². The zero-order chi connectivity index (χ0) is 18.9. The van der Waals surface area contributed by atoms with Crippen molar-refractivity contribution in [1.82, 2.24) is 10.2 Å². The molecule has 2 aliphatic rings. The van der Waals surface area contributed by atoms with E-state index in [9.17, 15) is 9.59 Å². The molecule has 1 N–H and O–H groups in total. The molecule has 0 radical (unpaired) electrons. The maximum atomic E-state index is 12.4. The number of amides is 2. The van der Waals surface area contributed by atoms with Gasteiger partial charge in [-0.05, 0) is 63.0 Å². The summed E-state index contributed by atoms with van der Waals surface area (Å²) in [4.78, 5) is 25.7. The molecule has 1 atom stereocenters. The van der Waals surface area contributed by atoms with Gasteiger partial charge in [0.15, 0.2) is 0 Å². The lowest BCUT2D eigenvalue weighted by Gasteiger charge is -2.47. The zero-order valence-electron chi connectivity index (χ0n) is 16.3. The number of carbonyl (C=O) groups is 2. The summed E-state index contributed by atoms with van der Waals surface area (Å²) in [5, 5.41) is 3.09. The van der Waals surface area contributed by atoms with Crippen LogP contribution in [0, 0.1) is 0 Å². The Balaban J connectivity index is 0.00000261. The van der Waals surface area contributed by atoms with Gasteiger partial charge in [-0.15, -0.1) is 0 Å². The fourth-order valence-corrected chi connectivity index (χ4v) is 4.35. The quantitative estimate of drug-likeness (QED) is 0.817. The molecule has 5 nitrogen and oxygen atoms in total. The normalized spacial score (nSPS) is 21.8. The van der Waals surface area contributed by atoms with Crippen LogP contribution in [0.4, 0.5) is 4.79 Å². The van der Waals surface area contributed by atoms with Crippen molar-refractivity contribution in [2.45, 2.75) is 70.4 Å². The highest BCUT2D eigenvalue weighted by atomic mass is 16.6. The van der Waals surface area contributed by atoms with Crippen molar-refractivity contribution in [3.05, 3.63) is 35.4 Å². The minimum atomic E-state index is -0.463. The number of likely N-dealkylation sites (tertiary alicyclic amines) is 1. The van der Waals surface area contributed by atoms with Crippen LogP contribution in [-0.2, 0) is 14.9 Å². The summed E-state index contributed by atoms with van der Waals surface area (Å²) in [6.07, 6.45) is 3.65. The Morgan fingerprint density at radius 3 is 2.46 bits per heavy atom. The predicted molar refractivity (Wildman–Crippen MR) is 103 cm³/mol. The standard InChI is InChI=1S/C21H30N2O3.H2/c1-15(24)22-18-9-10-21(17-8-6-5-7-16(17)18)11-13-23(14-12-21)19(25)26-20(2,3)4;/h5-8,18H,9-14H2,1-4H3,(H,22,24);1H. The number of rotatable bonds is 1. The maximum absolute atomic E-state index is 12.4. The van der Waals surface area contributed by atoms with Gasteiger partial charge in [-0.1, -0.05) is 24.3 Å². The first kappa shape index (κ1) is 18.7. The summed E-state index contributed by atoms with van der Waals surface area (Å²) in [7, 11) is 0. The molecule has 144 valence electrons. The second-order valence-corrected chi connectivity index (χ2v) is 8.63. The molecule has 1 aromatic rings. The van der Waals surface area contributed by atoms with Crippen LogP contribution in [0.15, 0.2) is 24.3 Å². The summed E-state index contributed by atoms with van der Waals surface area (Å²) >= 11 is 0. The van der Waals surface area contributed by atoms with Crippen molar-refractivity contribution < 1.29 is 15.8 Å². The van der Waals surface area contributed by atoms with E-state index in [-0.39, 0.29) is 24.9 Å². The van der Waals surface area contributed by atoms with Crippen molar-refractivity contribution in [3.8, 4) is 0 Å². The summed E-state index contributed by atoms with van der Waals surface area (Å²) in [5.74, 6) is 0.0144. The van der Waals surface area contributed by atoms with Crippen molar-refractivity contribution in [2.24, 2.45) is 0 Å². The minimum Gasteiger partial charge on any atom is -0.444 e. The average molecular weight is 360 g/mol. The van der Waals surface area contributed by atoms with Crippen LogP contribution in [-0.4, -0.2) is 35.6 Å². The highest BCUT2D eigenvalue weighted by molar-refractivity contribution is 5.73. The van der Waals surface area contributed by atoms with Gasteiger partial charge in [0.05, 0.1) is 6.04 Å². The maximum Gasteiger partial charge on any atom is 0.410 e. The van der Waals surface area contributed by atoms with Crippen molar-refractivity contribution in [1.29, 1.82) is 0 Å². The van der Waals surface area contributed by atoms with Crippen LogP contribution in [0.25, 0.3) is 0 Å². The van der Waals surface area contributed by atoms with Gasteiger partial charge in [-0.3, -0.25) is 4.79 Å². The first-order valence-electron chi connectivity index (χ1n) is 9.55. The van der Waals surface area contributed by atoms with Crippen LogP contribution in [0.5, 0.6) is 0 Å². The first-order chi connectivity index (χ1) is 12.2. The van der Waals surface area contributed by atoms with E-state index in [4.69, 9.17) is 4.74 Å². The topological polar surface area (TPSA) is 58.6 Å². The van der Waals surface area contributed by atoms with E-state index in [1.165, 1.54) is 11.1 Å². The molecule has 1 unspecified atom stereocenters. The van der Waals surface area contributed by atoms with Gasteiger partial charge >= 0.3 is 6.09 Å². The molecule has 0 bridgehead atoms. The fourth-order valence-electron chi connectivity index (χ4n) is 4.35. The Hall–Kier alpha value is -2.04. The number of hydrogen-bond acceptors (Lipinski definition) is 3.